The van der Waals surface area contributed by atoms with E-state index in [1.54, 1.807) is 7.11 Å². The molecule has 0 saturated heterocycles. The molecule has 1 heterocycles. The Bertz CT molecular complexity index is 911. The normalized spacial score (nSPS) is 10.6. The van der Waals surface area contributed by atoms with Gasteiger partial charge in [0, 0.05) is 17.3 Å². The second-order valence-corrected chi connectivity index (χ2v) is 5.49. The summed E-state index contributed by atoms with van der Waals surface area (Å²) in [6, 6.07) is 11.1. The SMILES string of the molecule is COc1ccc2nc(C(=S=O)c3cccc(C)c3N)[nH]c2c1. The summed E-state index contributed by atoms with van der Waals surface area (Å²) in [7, 11) is 1.61. The maximum Gasteiger partial charge on any atom is 0.152 e. The van der Waals surface area contributed by atoms with Gasteiger partial charge >= 0.3 is 0 Å². The van der Waals surface area contributed by atoms with Gasteiger partial charge in [0.05, 0.1) is 18.1 Å². The number of rotatable bonds is 3. The Kier molecular flexibility index (Phi) is 3.68. The molecule has 0 radical (unpaired) electrons. The van der Waals surface area contributed by atoms with E-state index < -0.39 is 0 Å². The molecule has 6 heteroatoms. The number of hydrogen-bond acceptors (Lipinski definition) is 4. The lowest BCUT2D eigenvalue weighted by molar-refractivity contribution is 0.415. The van der Waals surface area contributed by atoms with E-state index >= 15 is 0 Å². The zero-order valence-corrected chi connectivity index (χ0v) is 13.0. The number of hydrogen-bond donors (Lipinski definition) is 2. The van der Waals surface area contributed by atoms with Crippen LogP contribution in [-0.4, -0.2) is 26.2 Å². The molecule has 0 aliphatic carbocycles. The first-order valence-electron chi connectivity index (χ1n) is 6.70. The first-order chi connectivity index (χ1) is 10.6. The molecule has 112 valence electrons. The first-order valence-corrected chi connectivity index (χ1v) is 7.44. The molecule has 0 fully saturated rings. The Morgan fingerprint density at radius 3 is 2.86 bits per heavy atom. The highest BCUT2D eigenvalue weighted by Crippen LogP contribution is 2.22. The minimum absolute atomic E-state index is 0.386. The molecular formula is C16H15N3O2S. The van der Waals surface area contributed by atoms with E-state index in [-0.39, 0.29) is 0 Å². The predicted molar refractivity (Wildman–Crippen MR) is 89.6 cm³/mol. The van der Waals surface area contributed by atoms with E-state index in [9.17, 15) is 4.21 Å². The van der Waals surface area contributed by atoms with Gasteiger partial charge in [0.2, 0.25) is 0 Å². The molecule has 3 aromatic rings. The first kappa shape index (κ1) is 14.3. The van der Waals surface area contributed by atoms with Crippen LogP contribution in [0.3, 0.4) is 0 Å². The number of H-pyrrole nitrogens is 1. The van der Waals surface area contributed by atoms with Crippen molar-refractivity contribution in [2.45, 2.75) is 6.92 Å². The van der Waals surface area contributed by atoms with Gasteiger partial charge in [-0.15, -0.1) is 0 Å². The highest BCUT2D eigenvalue weighted by molar-refractivity contribution is 7.67. The molecule has 1 aromatic heterocycles. The molecule has 22 heavy (non-hydrogen) atoms. The molecule has 0 bridgehead atoms. The highest BCUT2D eigenvalue weighted by Gasteiger charge is 2.15. The van der Waals surface area contributed by atoms with Crippen molar-refractivity contribution in [3.05, 3.63) is 53.3 Å². The fourth-order valence-electron chi connectivity index (χ4n) is 2.31. The molecular weight excluding hydrogens is 298 g/mol. The Morgan fingerprint density at radius 2 is 2.14 bits per heavy atom. The van der Waals surface area contributed by atoms with E-state index in [4.69, 9.17) is 10.5 Å². The lowest BCUT2D eigenvalue weighted by atomic mass is 10.1. The largest absolute Gasteiger partial charge is 0.497 e. The van der Waals surface area contributed by atoms with Gasteiger partial charge in [0.15, 0.2) is 5.82 Å². The fraction of sp³-hybridized carbons (Fsp3) is 0.125. The molecule has 2 aromatic carbocycles. The lowest BCUT2D eigenvalue weighted by Crippen LogP contribution is -2.09. The van der Waals surface area contributed by atoms with Crippen molar-refractivity contribution in [2.75, 3.05) is 12.8 Å². The summed E-state index contributed by atoms with van der Waals surface area (Å²) in [5.41, 5.74) is 9.91. The van der Waals surface area contributed by atoms with Gasteiger partial charge in [0.1, 0.15) is 21.9 Å². The van der Waals surface area contributed by atoms with Gasteiger partial charge in [0.25, 0.3) is 0 Å². The van der Waals surface area contributed by atoms with Crippen molar-refractivity contribution in [2.24, 2.45) is 0 Å². The molecule has 3 rings (SSSR count). The maximum absolute atomic E-state index is 11.6. The van der Waals surface area contributed by atoms with Crippen LogP contribution >= 0.6 is 0 Å². The Balaban J connectivity index is 2.15. The van der Waals surface area contributed by atoms with Gasteiger partial charge in [-0.05, 0) is 24.6 Å². The van der Waals surface area contributed by atoms with Crippen LogP contribution in [0.25, 0.3) is 11.0 Å². The average molecular weight is 313 g/mol. The Morgan fingerprint density at radius 1 is 1.32 bits per heavy atom. The third-order valence-electron chi connectivity index (χ3n) is 3.56. The number of aromatic amines is 1. The van der Waals surface area contributed by atoms with Crippen LogP contribution in [0.2, 0.25) is 0 Å². The average Bonchev–Trinajstić information content (AvgIpc) is 2.94. The minimum Gasteiger partial charge on any atom is -0.497 e. The van der Waals surface area contributed by atoms with E-state index in [0.29, 0.717) is 33.2 Å². The number of aromatic nitrogens is 2. The molecule has 3 N–H and O–H groups in total. The zero-order valence-electron chi connectivity index (χ0n) is 12.2. The van der Waals surface area contributed by atoms with Crippen LogP contribution in [0.1, 0.15) is 17.0 Å². The van der Waals surface area contributed by atoms with Crippen molar-refractivity contribution >= 4 is 32.8 Å². The van der Waals surface area contributed by atoms with E-state index in [0.717, 1.165) is 22.3 Å². The number of nitrogen functional groups attached to an aromatic ring is 1. The van der Waals surface area contributed by atoms with Crippen molar-refractivity contribution in [3.8, 4) is 5.75 Å². The number of nitrogens with two attached hydrogens (primary N) is 1. The number of para-hydroxylation sites is 1. The topological polar surface area (TPSA) is 81.0 Å². The summed E-state index contributed by atoms with van der Waals surface area (Å²) in [6.07, 6.45) is 0. The third kappa shape index (κ3) is 2.37. The molecule has 0 unspecified atom stereocenters. The number of nitrogens with zero attached hydrogens (tertiary/aromatic N) is 1. The second kappa shape index (κ2) is 5.65. The summed E-state index contributed by atoms with van der Waals surface area (Å²) in [6.45, 7) is 1.91. The summed E-state index contributed by atoms with van der Waals surface area (Å²) in [4.78, 5) is 8.13. The minimum atomic E-state index is 0.386. The Labute approximate surface area is 131 Å². The van der Waals surface area contributed by atoms with Crippen LogP contribution in [0.15, 0.2) is 36.4 Å². The molecule has 0 amide bonds. The van der Waals surface area contributed by atoms with Gasteiger partial charge in [-0.1, -0.05) is 18.2 Å². The van der Waals surface area contributed by atoms with Gasteiger partial charge in [-0.2, -0.15) is 0 Å². The number of aryl methyl sites for hydroxylation is 1. The van der Waals surface area contributed by atoms with Crippen molar-refractivity contribution in [1.29, 1.82) is 0 Å². The third-order valence-corrected chi connectivity index (χ3v) is 4.14. The molecule has 0 atom stereocenters. The van der Waals surface area contributed by atoms with Crippen LogP contribution in [0.5, 0.6) is 5.75 Å². The van der Waals surface area contributed by atoms with Crippen LogP contribution in [0, 0.1) is 6.92 Å². The molecule has 0 saturated carbocycles. The fourth-order valence-corrected chi connectivity index (χ4v) is 2.76. The van der Waals surface area contributed by atoms with Crippen molar-refractivity contribution in [1.82, 2.24) is 9.97 Å². The lowest BCUT2D eigenvalue weighted by Gasteiger charge is -2.07. The monoisotopic (exact) mass is 313 g/mol. The summed E-state index contributed by atoms with van der Waals surface area (Å²) < 4.78 is 16.8. The van der Waals surface area contributed by atoms with E-state index in [1.807, 2.05) is 43.3 Å². The zero-order chi connectivity index (χ0) is 15.7. The van der Waals surface area contributed by atoms with Crippen molar-refractivity contribution < 1.29 is 8.95 Å². The van der Waals surface area contributed by atoms with Gasteiger partial charge in [-0.25, -0.2) is 9.19 Å². The molecule has 0 spiro atoms. The second-order valence-electron chi connectivity index (χ2n) is 4.92. The predicted octanol–water partition coefficient (Wildman–Crippen LogP) is 2.24. The number of benzene rings is 2. The number of imidazole rings is 1. The standard InChI is InChI=1S/C16H15N3O2S/c1-9-4-3-5-11(14(9)17)15(22-20)16-18-12-7-6-10(21-2)8-13(12)19-16/h3-8H,17H2,1-2H3,(H,18,19). The number of ether oxygens (including phenoxy) is 1. The van der Waals surface area contributed by atoms with Crippen LogP contribution in [0.4, 0.5) is 5.69 Å². The van der Waals surface area contributed by atoms with Crippen LogP contribution in [-0.2, 0) is 11.3 Å². The number of fused-ring (bicyclic) bond motifs is 1. The van der Waals surface area contributed by atoms with E-state index in [2.05, 4.69) is 9.97 Å². The highest BCUT2D eigenvalue weighted by atomic mass is 32.1. The van der Waals surface area contributed by atoms with E-state index in [1.165, 1.54) is 0 Å². The van der Waals surface area contributed by atoms with Crippen molar-refractivity contribution in [3.63, 3.8) is 0 Å². The number of methoxy groups -OCH3 is 1. The van der Waals surface area contributed by atoms with Gasteiger partial charge in [-0.3, -0.25) is 0 Å². The molecule has 5 nitrogen and oxygen atoms in total. The summed E-state index contributed by atoms with van der Waals surface area (Å²) in [5.74, 6) is 1.25. The number of anilines is 1. The molecule has 0 aliphatic heterocycles. The maximum atomic E-state index is 11.6. The summed E-state index contributed by atoms with van der Waals surface area (Å²) in [5, 5.41) is 0. The number of nitrogens with one attached hydrogen (secondary N) is 1. The van der Waals surface area contributed by atoms with Crippen LogP contribution < -0.4 is 10.5 Å². The smallest absolute Gasteiger partial charge is 0.152 e. The quantitative estimate of drug-likeness (QED) is 0.441. The summed E-state index contributed by atoms with van der Waals surface area (Å²) >= 11 is 0.386. The van der Waals surface area contributed by atoms with Gasteiger partial charge < -0.3 is 15.5 Å². The Hall–Kier alpha value is -2.60. The molecule has 0 aliphatic rings.